The monoisotopic (exact) mass is 373 g/mol. The molecular weight excluding hydrogens is 350 g/mol. The number of aryl methyl sites for hydroxylation is 1. The highest BCUT2D eigenvalue weighted by molar-refractivity contribution is 5.86. The number of nitrogens with one attached hydrogen (secondary N) is 1. The number of hydrogen-bond acceptors (Lipinski definition) is 5. The van der Waals surface area contributed by atoms with Crippen LogP contribution < -0.4 is 15.7 Å². The fourth-order valence-electron chi connectivity index (χ4n) is 3.43. The van der Waals surface area contributed by atoms with Crippen molar-refractivity contribution in [1.82, 2.24) is 5.32 Å². The van der Waals surface area contributed by atoms with Crippen molar-refractivity contribution in [2.75, 3.05) is 0 Å². The summed E-state index contributed by atoms with van der Waals surface area (Å²) in [6.45, 7) is 3.39. The van der Waals surface area contributed by atoms with Crippen molar-refractivity contribution in [3.63, 3.8) is 0 Å². The number of carboxylic acids is 1. The fraction of sp³-hybridized carbons (Fsp3) is 0.450. The minimum atomic E-state index is -1.07. The molecule has 2 aromatic rings. The van der Waals surface area contributed by atoms with Gasteiger partial charge in [-0.3, -0.25) is 4.79 Å². The van der Waals surface area contributed by atoms with E-state index in [2.05, 4.69) is 5.32 Å². The van der Waals surface area contributed by atoms with Crippen LogP contribution in [0, 0.1) is 0 Å². The molecule has 0 saturated carbocycles. The average Bonchev–Trinajstić information content (AvgIpc) is 3.11. The molecule has 0 radical (unpaired) electrons. The zero-order chi connectivity index (χ0) is 19.6. The summed E-state index contributed by atoms with van der Waals surface area (Å²) in [5.41, 5.74) is 1.89. The van der Waals surface area contributed by atoms with Crippen LogP contribution in [0.1, 0.15) is 44.2 Å². The zero-order valence-corrected chi connectivity index (χ0v) is 15.4. The molecule has 1 aromatic carbocycles. The Balaban J connectivity index is 1.76. The molecule has 0 spiro atoms. The highest BCUT2D eigenvalue weighted by Crippen LogP contribution is 2.29. The number of fused-ring (bicyclic) bond motifs is 3. The van der Waals surface area contributed by atoms with E-state index >= 15 is 0 Å². The number of rotatable bonds is 7. The van der Waals surface area contributed by atoms with Crippen molar-refractivity contribution in [2.24, 2.45) is 0 Å². The van der Waals surface area contributed by atoms with Gasteiger partial charge in [0, 0.05) is 17.0 Å². The van der Waals surface area contributed by atoms with E-state index in [0.29, 0.717) is 24.2 Å². The first-order valence-electron chi connectivity index (χ1n) is 9.19. The molecule has 2 N–H and O–H groups in total. The van der Waals surface area contributed by atoms with Gasteiger partial charge in [-0.05, 0) is 50.3 Å². The Labute approximate surface area is 156 Å². The third kappa shape index (κ3) is 3.97. The largest absolute Gasteiger partial charge is 0.481 e. The van der Waals surface area contributed by atoms with Crippen molar-refractivity contribution < 1.29 is 23.8 Å². The predicted octanol–water partition coefficient (Wildman–Crippen LogP) is 2.42. The summed E-state index contributed by atoms with van der Waals surface area (Å²) < 4.78 is 11.0. The second-order valence-electron chi connectivity index (χ2n) is 6.81. The van der Waals surface area contributed by atoms with E-state index in [-0.39, 0.29) is 5.63 Å². The van der Waals surface area contributed by atoms with Crippen LogP contribution in [0.4, 0.5) is 0 Å². The van der Waals surface area contributed by atoms with Gasteiger partial charge in [0.2, 0.25) is 0 Å². The Bertz CT molecular complexity index is 932. The first kappa shape index (κ1) is 18.9. The average molecular weight is 373 g/mol. The molecule has 27 heavy (non-hydrogen) atoms. The summed E-state index contributed by atoms with van der Waals surface area (Å²) in [6.07, 6.45) is 2.63. The molecule has 1 amide bonds. The van der Waals surface area contributed by atoms with Gasteiger partial charge in [-0.2, -0.15) is 0 Å². The lowest BCUT2D eigenvalue weighted by molar-refractivity contribution is -0.143. The van der Waals surface area contributed by atoms with Gasteiger partial charge in [0.1, 0.15) is 17.4 Å². The van der Waals surface area contributed by atoms with Crippen molar-refractivity contribution in [1.29, 1.82) is 0 Å². The van der Waals surface area contributed by atoms with Crippen LogP contribution in [0.25, 0.3) is 11.0 Å². The first-order valence-corrected chi connectivity index (χ1v) is 9.19. The van der Waals surface area contributed by atoms with E-state index in [0.717, 1.165) is 35.8 Å². The quantitative estimate of drug-likeness (QED) is 0.722. The molecule has 0 aliphatic heterocycles. The summed E-state index contributed by atoms with van der Waals surface area (Å²) in [7, 11) is 0. The molecule has 1 aliphatic carbocycles. The molecule has 1 heterocycles. The van der Waals surface area contributed by atoms with Gasteiger partial charge in [-0.1, -0.05) is 13.3 Å². The summed E-state index contributed by atoms with van der Waals surface area (Å²) in [6, 6.07) is 4.22. The van der Waals surface area contributed by atoms with Crippen molar-refractivity contribution in [3.05, 3.63) is 39.7 Å². The van der Waals surface area contributed by atoms with Crippen LogP contribution in [0.15, 0.2) is 27.4 Å². The fourth-order valence-corrected chi connectivity index (χ4v) is 3.43. The molecule has 7 nitrogen and oxygen atoms in total. The molecule has 1 aromatic heterocycles. The van der Waals surface area contributed by atoms with E-state index in [9.17, 15) is 14.4 Å². The normalized spacial score (nSPS) is 15.2. The Morgan fingerprint density at radius 2 is 2.04 bits per heavy atom. The third-order valence-corrected chi connectivity index (χ3v) is 4.82. The van der Waals surface area contributed by atoms with E-state index in [1.807, 2.05) is 13.0 Å². The maximum Gasteiger partial charge on any atom is 0.339 e. The molecule has 0 saturated heterocycles. The number of carbonyl (C=O) groups is 2. The number of amides is 1. The van der Waals surface area contributed by atoms with Gasteiger partial charge < -0.3 is 19.6 Å². The van der Waals surface area contributed by atoms with Crippen molar-refractivity contribution >= 4 is 22.8 Å². The highest BCUT2D eigenvalue weighted by Gasteiger charge is 2.24. The minimum absolute atomic E-state index is 0.318. The van der Waals surface area contributed by atoms with Gasteiger partial charge in [-0.25, -0.2) is 9.59 Å². The van der Waals surface area contributed by atoms with Crippen LogP contribution in [0.5, 0.6) is 5.75 Å². The SMILES string of the molecule is CCC[C@@H](NC(=O)[C@H](C)Oc1ccc2c3c(c(=O)oc2c1)CCC3)C(=O)O. The standard InChI is InChI=1S/C20H23NO6/c1-3-5-16(19(23)24)21-18(22)11(2)26-12-8-9-14-13-6-4-7-15(13)20(25)27-17(14)10-12/h8-11,16H,3-7H2,1-2H3,(H,21,22)(H,23,24)/t11-,16+/m0/s1. The second kappa shape index (κ2) is 7.82. The number of carbonyl (C=O) groups excluding carboxylic acids is 1. The molecule has 7 heteroatoms. The van der Waals surface area contributed by atoms with E-state index < -0.39 is 24.0 Å². The number of aliphatic carboxylic acids is 1. The molecule has 3 rings (SSSR count). The molecular formula is C20H23NO6. The Kier molecular flexibility index (Phi) is 5.48. The Morgan fingerprint density at radius 1 is 1.30 bits per heavy atom. The van der Waals surface area contributed by atoms with E-state index in [1.54, 1.807) is 19.1 Å². The maximum atomic E-state index is 12.2. The predicted molar refractivity (Wildman–Crippen MR) is 99.1 cm³/mol. The van der Waals surface area contributed by atoms with E-state index in [4.69, 9.17) is 14.3 Å². The number of ether oxygens (including phenoxy) is 1. The summed E-state index contributed by atoms with van der Waals surface area (Å²) in [5, 5.41) is 12.5. The molecule has 0 bridgehead atoms. The second-order valence-corrected chi connectivity index (χ2v) is 6.81. The lowest BCUT2D eigenvalue weighted by Gasteiger charge is -2.18. The van der Waals surface area contributed by atoms with E-state index in [1.165, 1.54) is 0 Å². The summed E-state index contributed by atoms with van der Waals surface area (Å²) >= 11 is 0. The minimum Gasteiger partial charge on any atom is -0.481 e. The lowest BCUT2D eigenvalue weighted by atomic mass is 10.1. The topological polar surface area (TPSA) is 106 Å². The molecule has 2 atom stereocenters. The van der Waals surface area contributed by atoms with Gasteiger partial charge >= 0.3 is 11.6 Å². The maximum absolute atomic E-state index is 12.2. The van der Waals surface area contributed by atoms with Crippen LogP contribution in [0.3, 0.4) is 0 Å². The van der Waals surface area contributed by atoms with Gasteiger partial charge in [0.05, 0.1) is 0 Å². The summed E-state index contributed by atoms with van der Waals surface area (Å²) in [4.78, 5) is 35.5. The van der Waals surface area contributed by atoms with Gasteiger partial charge in [0.15, 0.2) is 6.10 Å². The number of carboxylic acid groups (broad SMARTS) is 1. The zero-order valence-electron chi connectivity index (χ0n) is 15.4. The lowest BCUT2D eigenvalue weighted by Crippen LogP contribution is -2.46. The Hall–Kier alpha value is -2.83. The van der Waals surface area contributed by atoms with Crippen molar-refractivity contribution in [2.45, 2.75) is 58.1 Å². The Morgan fingerprint density at radius 3 is 2.74 bits per heavy atom. The summed E-state index contributed by atoms with van der Waals surface area (Å²) in [5.74, 6) is -1.20. The number of benzene rings is 1. The van der Waals surface area contributed by atoms with Crippen LogP contribution in [0.2, 0.25) is 0 Å². The van der Waals surface area contributed by atoms with Crippen molar-refractivity contribution in [3.8, 4) is 5.75 Å². The molecule has 0 unspecified atom stereocenters. The first-order chi connectivity index (χ1) is 12.9. The molecule has 0 fully saturated rings. The number of hydrogen-bond donors (Lipinski definition) is 2. The van der Waals surface area contributed by atoms with Crippen LogP contribution in [-0.2, 0) is 22.4 Å². The highest BCUT2D eigenvalue weighted by atomic mass is 16.5. The third-order valence-electron chi connectivity index (χ3n) is 4.82. The molecule has 1 aliphatic rings. The van der Waals surface area contributed by atoms with Gasteiger partial charge in [0.25, 0.3) is 5.91 Å². The molecule has 144 valence electrons. The van der Waals surface area contributed by atoms with Gasteiger partial charge in [-0.15, -0.1) is 0 Å². The van der Waals surface area contributed by atoms with Crippen LogP contribution in [-0.4, -0.2) is 29.1 Å². The smallest absolute Gasteiger partial charge is 0.339 e. The van der Waals surface area contributed by atoms with Crippen LogP contribution >= 0.6 is 0 Å².